The van der Waals surface area contributed by atoms with Gasteiger partial charge in [-0.1, -0.05) is 12.1 Å². The van der Waals surface area contributed by atoms with Gasteiger partial charge >= 0.3 is 0 Å². The van der Waals surface area contributed by atoms with Crippen LogP contribution >= 0.6 is 0 Å². The van der Waals surface area contributed by atoms with Gasteiger partial charge in [-0.2, -0.15) is 10.4 Å². The molecule has 1 N–H and O–H groups in total. The van der Waals surface area contributed by atoms with Crippen LogP contribution in [0.3, 0.4) is 0 Å². The first kappa shape index (κ1) is 26.0. The Balaban J connectivity index is 0.998. The summed E-state index contributed by atoms with van der Waals surface area (Å²) in [5.41, 5.74) is 3.62. The SMILES string of the molecule is N#CCC1(n2cc(-c3ncnc4[nH]ccc34)cn2)CN(C2CCN(C(=O)c3ccc(-c4cccnc4)cc3F)CC2)C1. The summed E-state index contributed by atoms with van der Waals surface area (Å²) in [5, 5.41) is 15.2. The van der Waals surface area contributed by atoms with Gasteiger partial charge in [-0.15, -0.1) is 0 Å². The fraction of sp³-hybridized carbons (Fsp3) is 0.290. The number of benzene rings is 1. The molecule has 2 aliphatic rings. The number of carbonyl (C=O) groups excluding carboxylic acids is 1. The number of amides is 1. The maximum Gasteiger partial charge on any atom is 0.256 e. The average Bonchev–Trinajstić information content (AvgIpc) is 3.70. The van der Waals surface area contributed by atoms with Crippen LogP contribution in [0.1, 0.15) is 29.6 Å². The van der Waals surface area contributed by atoms with E-state index in [1.807, 2.05) is 29.2 Å². The van der Waals surface area contributed by atoms with Crippen LogP contribution in [-0.2, 0) is 5.54 Å². The predicted octanol–water partition coefficient (Wildman–Crippen LogP) is 4.25. The molecule has 7 rings (SSSR count). The number of hydrogen-bond donors (Lipinski definition) is 1. The Morgan fingerprint density at radius 2 is 1.95 bits per heavy atom. The molecule has 4 aromatic heterocycles. The lowest BCUT2D eigenvalue weighted by molar-refractivity contribution is -0.0412. The molecule has 42 heavy (non-hydrogen) atoms. The van der Waals surface area contributed by atoms with Gasteiger partial charge in [-0.3, -0.25) is 19.4 Å². The number of halogens is 1. The number of rotatable bonds is 6. The van der Waals surface area contributed by atoms with Crippen molar-refractivity contribution in [2.75, 3.05) is 26.2 Å². The molecule has 0 saturated carbocycles. The minimum atomic E-state index is -0.523. The van der Waals surface area contributed by atoms with Crippen molar-refractivity contribution in [1.29, 1.82) is 5.26 Å². The third kappa shape index (κ3) is 4.50. The number of piperidine rings is 1. The zero-order valence-corrected chi connectivity index (χ0v) is 22.8. The largest absolute Gasteiger partial charge is 0.346 e. The molecule has 5 aromatic rings. The summed E-state index contributed by atoms with van der Waals surface area (Å²) in [6.45, 7) is 2.52. The van der Waals surface area contributed by atoms with Crippen molar-refractivity contribution in [3.05, 3.63) is 85.1 Å². The van der Waals surface area contributed by atoms with Crippen molar-refractivity contribution in [3.8, 4) is 28.5 Å². The van der Waals surface area contributed by atoms with Crippen molar-refractivity contribution in [1.82, 2.24) is 39.5 Å². The number of aromatic amines is 1. The molecule has 0 radical (unpaired) electrons. The van der Waals surface area contributed by atoms with Gasteiger partial charge in [0.1, 0.15) is 23.3 Å². The topological polar surface area (TPSA) is 120 Å². The lowest BCUT2D eigenvalue weighted by Gasteiger charge is -2.53. The van der Waals surface area contributed by atoms with Crippen LogP contribution in [0.4, 0.5) is 4.39 Å². The molecular formula is C31H28FN9O. The van der Waals surface area contributed by atoms with E-state index >= 15 is 0 Å². The summed E-state index contributed by atoms with van der Waals surface area (Å²) in [6, 6.07) is 13.0. The van der Waals surface area contributed by atoms with Crippen LogP contribution < -0.4 is 0 Å². The smallest absolute Gasteiger partial charge is 0.256 e. The number of nitrogens with zero attached hydrogens (tertiary/aromatic N) is 8. The third-order valence-corrected chi connectivity index (χ3v) is 8.56. The normalized spacial score (nSPS) is 17.2. The maximum atomic E-state index is 15.0. The zero-order chi connectivity index (χ0) is 28.7. The van der Waals surface area contributed by atoms with Gasteiger partial charge in [0.05, 0.1) is 29.9 Å². The van der Waals surface area contributed by atoms with E-state index in [2.05, 4.69) is 36.0 Å². The molecule has 210 valence electrons. The number of likely N-dealkylation sites (tertiary alicyclic amines) is 2. The van der Waals surface area contributed by atoms with Crippen molar-refractivity contribution < 1.29 is 9.18 Å². The highest BCUT2D eigenvalue weighted by Crippen LogP contribution is 2.37. The first-order valence-corrected chi connectivity index (χ1v) is 14.0. The van der Waals surface area contributed by atoms with Crippen LogP contribution in [0.2, 0.25) is 0 Å². The van der Waals surface area contributed by atoms with E-state index in [4.69, 9.17) is 0 Å². The number of aromatic nitrogens is 6. The van der Waals surface area contributed by atoms with E-state index in [9.17, 15) is 14.4 Å². The zero-order valence-electron chi connectivity index (χ0n) is 22.8. The van der Waals surface area contributed by atoms with Crippen LogP contribution in [0.15, 0.2) is 73.7 Å². The first-order chi connectivity index (χ1) is 20.5. The van der Waals surface area contributed by atoms with E-state index in [1.54, 1.807) is 41.7 Å². The molecule has 11 heteroatoms. The second-order valence-electron chi connectivity index (χ2n) is 11.1. The number of H-pyrrole nitrogens is 1. The fourth-order valence-corrected chi connectivity index (χ4v) is 6.27. The van der Waals surface area contributed by atoms with Gasteiger partial charge in [-0.25, -0.2) is 14.4 Å². The van der Waals surface area contributed by atoms with Gasteiger partial charge in [-0.05, 0) is 42.7 Å². The van der Waals surface area contributed by atoms with Crippen molar-refractivity contribution in [3.63, 3.8) is 0 Å². The molecule has 6 heterocycles. The fourth-order valence-electron chi connectivity index (χ4n) is 6.27. The standard InChI is InChI=1S/C31H28FN9O/c32-27-14-21(22-2-1-10-34-15-22)3-4-25(27)30(42)39-12-6-24(7-13-39)40-18-31(19-40,8-9-33)41-17-23(16-38-41)28-26-5-11-35-29(26)37-20-36-28/h1-5,10-11,14-17,20,24H,6-8,12-13,18-19H2,(H,35,36,37). The second-order valence-corrected chi connectivity index (χ2v) is 11.1. The molecule has 0 spiro atoms. The van der Waals surface area contributed by atoms with Crippen LogP contribution in [0, 0.1) is 17.1 Å². The molecule has 0 aliphatic carbocycles. The highest BCUT2D eigenvalue weighted by molar-refractivity contribution is 5.95. The third-order valence-electron chi connectivity index (χ3n) is 8.56. The van der Waals surface area contributed by atoms with Gasteiger partial charge in [0.25, 0.3) is 5.91 Å². The Morgan fingerprint density at radius 1 is 1.10 bits per heavy atom. The minimum absolute atomic E-state index is 0.0909. The number of hydrogen-bond acceptors (Lipinski definition) is 7. The Hall–Kier alpha value is -4.95. The molecule has 2 aliphatic heterocycles. The quantitative estimate of drug-likeness (QED) is 0.329. The summed E-state index contributed by atoms with van der Waals surface area (Å²) in [5.74, 6) is -0.804. The predicted molar refractivity (Wildman–Crippen MR) is 153 cm³/mol. The lowest BCUT2D eigenvalue weighted by atomic mass is 9.83. The monoisotopic (exact) mass is 561 g/mol. The molecule has 0 unspecified atom stereocenters. The molecule has 1 amide bonds. The van der Waals surface area contributed by atoms with Gasteiger partial charge < -0.3 is 9.88 Å². The molecule has 1 aromatic carbocycles. The van der Waals surface area contributed by atoms with E-state index in [0.29, 0.717) is 38.2 Å². The van der Waals surface area contributed by atoms with Gasteiger partial charge in [0.2, 0.25) is 0 Å². The average molecular weight is 562 g/mol. The number of fused-ring (bicyclic) bond motifs is 1. The summed E-state index contributed by atoms with van der Waals surface area (Å²) in [6.07, 6.45) is 12.4. The molecule has 0 bridgehead atoms. The highest BCUT2D eigenvalue weighted by atomic mass is 19.1. The molecule has 2 fully saturated rings. The Morgan fingerprint density at radius 3 is 2.71 bits per heavy atom. The Labute approximate surface area is 241 Å². The van der Waals surface area contributed by atoms with Crippen LogP contribution in [0.5, 0.6) is 0 Å². The summed E-state index contributed by atoms with van der Waals surface area (Å²) in [4.78, 5) is 33.2. The Kier molecular flexibility index (Phi) is 6.47. The van der Waals surface area contributed by atoms with Gasteiger partial charge in [0.15, 0.2) is 0 Å². The van der Waals surface area contributed by atoms with Gasteiger partial charge in [0, 0.05) is 73.5 Å². The van der Waals surface area contributed by atoms with Crippen molar-refractivity contribution in [2.24, 2.45) is 0 Å². The van der Waals surface area contributed by atoms with Crippen molar-refractivity contribution in [2.45, 2.75) is 30.8 Å². The molecule has 2 saturated heterocycles. The van der Waals surface area contributed by atoms with E-state index < -0.39 is 11.4 Å². The molecule has 0 atom stereocenters. The number of pyridine rings is 1. The summed E-state index contributed by atoms with van der Waals surface area (Å²) >= 11 is 0. The Bertz CT molecular complexity index is 1790. The second kappa shape index (κ2) is 10.5. The number of carbonyl (C=O) groups is 1. The summed E-state index contributed by atoms with van der Waals surface area (Å²) < 4.78 is 16.9. The molecular weight excluding hydrogens is 533 g/mol. The molecule has 10 nitrogen and oxygen atoms in total. The maximum absolute atomic E-state index is 15.0. The van der Waals surface area contributed by atoms with E-state index in [0.717, 1.165) is 40.7 Å². The van der Waals surface area contributed by atoms with Crippen LogP contribution in [-0.4, -0.2) is 77.6 Å². The van der Waals surface area contributed by atoms with Crippen molar-refractivity contribution >= 4 is 16.9 Å². The summed E-state index contributed by atoms with van der Waals surface area (Å²) in [7, 11) is 0. The van der Waals surface area contributed by atoms with Crippen LogP contribution in [0.25, 0.3) is 33.4 Å². The highest BCUT2D eigenvalue weighted by Gasteiger charge is 2.48. The number of nitrogens with one attached hydrogen (secondary N) is 1. The number of nitriles is 1. The lowest BCUT2D eigenvalue weighted by Crippen LogP contribution is -2.66. The first-order valence-electron chi connectivity index (χ1n) is 14.0. The minimum Gasteiger partial charge on any atom is -0.346 e. The van der Waals surface area contributed by atoms with E-state index in [-0.39, 0.29) is 17.5 Å². The van der Waals surface area contributed by atoms with E-state index in [1.165, 1.54) is 12.4 Å².